The van der Waals surface area contributed by atoms with E-state index in [9.17, 15) is 9.18 Å². The van der Waals surface area contributed by atoms with Crippen LogP contribution in [0.2, 0.25) is 0 Å². The van der Waals surface area contributed by atoms with Gasteiger partial charge in [-0.2, -0.15) is 4.98 Å². The van der Waals surface area contributed by atoms with Crippen molar-refractivity contribution >= 4 is 28.8 Å². The molecule has 0 aliphatic heterocycles. The first-order valence-electron chi connectivity index (χ1n) is 8.82. The Labute approximate surface area is 166 Å². The maximum Gasteiger partial charge on any atom is 0.303 e. The maximum atomic E-state index is 13.0. The minimum atomic E-state index is -0.745. The number of aliphatic carboxylic acids is 1. The largest absolute Gasteiger partial charge is 0.481 e. The second-order valence-corrected chi connectivity index (χ2v) is 6.01. The van der Waals surface area contributed by atoms with Crippen molar-refractivity contribution in [3.05, 3.63) is 60.8 Å². The molecule has 0 unspecified atom stereocenters. The molecule has 0 amide bonds. The minimum Gasteiger partial charge on any atom is -0.481 e. The number of halogens is 1. The summed E-state index contributed by atoms with van der Waals surface area (Å²) in [4.78, 5) is 26.7. The van der Waals surface area contributed by atoms with Crippen molar-refractivity contribution in [3.8, 4) is 11.4 Å². The highest BCUT2D eigenvalue weighted by molar-refractivity contribution is 5.77. The SMILES string of the molecule is CCC(=O)O.Cn1c(-c2ccncc2)nc2cnc(Nc3ccc(F)cc3)nc21. The number of pyridine rings is 1. The molecular weight excluding hydrogens is 375 g/mol. The van der Waals surface area contributed by atoms with Crippen LogP contribution in [0.4, 0.5) is 16.0 Å². The third kappa shape index (κ3) is 4.89. The number of anilines is 2. The highest BCUT2D eigenvalue weighted by Gasteiger charge is 2.12. The first-order chi connectivity index (χ1) is 14.0. The van der Waals surface area contributed by atoms with Crippen molar-refractivity contribution in [1.82, 2.24) is 24.5 Å². The average Bonchev–Trinajstić information content (AvgIpc) is 3.07. The van der Waals surface area contributed by atoms with Gasteiger partial charge < -0.3 is 15.0 Å². The molecule has 0 radical (unpaired) electrons. The van der Waals surface area contributed by atoms with Crippen LogP contribution in [0, 0.1) is 5.82 Å². The highest BCUT2D eigenvalue weighted by atomic mass is 19.1. The predicted octanol–water partition coefficient (Wildman–Crippen LogP) is 3.79. The monoisotopic (exact) mass is 394 g/mol. The third-order valence-corrected chi connectivity index (χ3v) is 3.95. The summed E-state index contributed by atoms with van der Waals surface area (Å²) < 4.78 is 14.9. The molecule has 1 aromatic carbocycles. The Morgan fingerprint density at radius 3 is 2.41 bits per heavy atom. The number of aromatic nitrogens is 5. The molecule has 0 aliphatic carbocycles. The van der Waals surface area contributed by atoms with Gasteiger partial charge in [0, 0.05) is 37.1 Å². The maximum absolute atomic E-state index is 13.0. The normalized spacial score (nSPS) is 10.3. The van der Waals surface area contributed by atoms with Gasteiger partial charge in [0.05, 0.1) is 6.20 Å². The number of benzene rings is 1. The summed E-state index contributed by atoms with van der Waals surface area (Å²) in [6, 6.07) is 9.82. The van der Waals surface area contributed by atoms with Gasteiger partial charge in [0.1, 0.15) is 17.2 Å². The molecule has 0 saturated carbocycles. The number of carbonyl (C=O) groups is 1. The smallest absolute Gasteiger partial charge is 0.303 e. The predicted molar refractivity (Wildman–Crippen MR) is 107 cm³/mol. The fourth-order valence-corrected chi connectivity index (χ4v) is 2.46. The number of hydrogen-bond donors (Lipinski definition) is 2. The van der Waals surface area contributed by atoms with Crippen LogP contribution in [-0.2, 0) is 11.8 Å². The lowest BCUT2D eigenvalue weighted by atomic mass is 10.2. The molecule has 0 aliphatic rings. The van der Waals surface area contributed by atoms with Crippen LogP contribution < -0.4 is 5.32 Å². The van der Waals surface area contributed by atoms with E-state index in [1.54, 1.807) is 37.6 Å². The van der Waals surface area contributed by atoms with E-state index in [0.29, 0.717) is 22.8 Å². The quantitative estimate of drug-likeness (QED) is 0.542. The molecule has 2 N–H and O–H groups in total. The zero-order valence-electron chi connectivity index (χ0n) is 15.9. The number of nitrogens with zero attached hydrogens (tertiary/aromatic N) is 5. The molecular formula is C20H19FN6O2. The Morgan fingerprint density at radius 1 is 1.14 bits per heavy atom. The summed E-state index contributed by atoms with van der Waals surface area (Å²) in [6.07, 6.45) is 5.34. The Kier molecular flexibility index (Phi) is 6.08. The molecule has 0 saturated heterocycles. The van der Waals surface area contributed by atoms with Crippen LogP contribution in [-0.4, -0.2) is 35.6 Å². The standard InChI is InChI=1S/C17H13FN6.C3H6O2/c1-24-15(11-6-8-19-9-7-11)22-14-10-20-17(23-16(14)24)21-13-4-2-12(18)3-5-13;1-2-3(4)5/h2-10H,1H3,(H,20,21,23);2H2,1H3,(H,4,5). The first-order valence-corrected chi connectivity index (χ1v) is 8.82. The molecule has 0 atom stereocenters. The fraction of sp³-hybridized carbons (Fsp3) is 0.150. The molecule has 4 rings (SSSR count). The molecule has 4 aromatic rings. The molecule has 9 heteroatoms. The minimum absolute atomic E-state index is 0.222. The van der Waals surface area contributed by atoms with Gasteiger partial charge in [0.2, 0.25) is 5.95 Å². The number of fused-ring (bicyclic) bond motifs is 1. The van der Waals surface area contributed by atoms with Gasteiger partial charge in [0.25, 0.3) is 0 Å². The van der Waals surface area contributed by atoms with E-state index < -0.39 is 5.97 Å². The topological polar surface area (TPSA) is 106 Å². The number of hydrogen-bond acceptors (Lipinski definition) is 6. The van der Waals surface area contributed by atoms with Crippen molar-refractivity contribution in [2.45, 2.75) is 13.3 Å². The van der Waals surface area contributed by atoms with Gasteiger partial charge in [-0.1, -0.05) is 6.92 Å². The van der Waals surface area contributed by atoms with Crippen molar-refractivity contribution in [2.24, 2.45) is 7.05 Å². The van der Waals surface area contributed by atoms with E-state index in [1.807, 2.05) is 23.7 Å². The summed E-state index contributed by atoms with van der Waals surface area (Å²) >= 11 is 0. The van der Waals surface area contributed by atoms with Gasteiger partial charge in [-0.15, -0.1) is 0 Å². The Balaban J connectivity index is 0.000000431. The van der Waals surface area contributed by atoms with Crippen molar-refractivity contribution < 1.29 is 14.3 Å². The fourth-order valence-electron chi connectivity index (χ4n) is 2.46. The molecule has 3 aromatic heterocycles. The molecule has 8 nitrogen and oxygen atoms in total. The number of carboxylic acids is 1. The van der Waals surface area contributed by atoms with Gasteiger partial charge in [0.15, 0.2) is 5.65 Å². The number of nitrogens with one attached hydrogen (secondary N) is 1. The van der Waals surface area contributed by atoms with Crippen LogP contribution in [0.5, 0.6) is 0 Å². The number of rotatable bonds is 4. The highest BCUT2D eigenvalue weighted by Crippen LogP contribution is 2.23. The van der Waals surface area contributed by atoms with Crippen LogP contribution in [0.3, 0.4) is 0 Å². The van der Waals surface area contributed by atoms with E-state index in [-0.39, 0.29) is 12.2 Å². The van der Waals surface area contributed by atoms with Crippen molar-refractivity contribution in [2.75, 3.05) is 5.32 Å². The Bertz CT molecular complexity index is 1110. The summed E-state index contributed by atoms with van der Waals surface area (Å²) in [7, 11) is 1.90. The average molecular weight is 394 g/mol. The third-order valence-electron chi connectivity index (χ3n) is 3.95. The lowest BCUT2D eigenvalue weighted by Gasteiger charge is -2.05. The molecule has 0 spiro atoms. The van der Waals surface area contributed by atoms with Crippen LogP contribution in [0.25, 0.3) is 22.6 Å². The van der Waals surface area contributed by atoms with Crippen LogP contribution in [0.1, 0.15) is 13.3 Å². The van der Waals surface area contributed by atoms with Crippen molar-refractivity contribution in [3.63, 3.8) is 0 Å². The Hall–Kier alpha value is -3.88. The van der Waals surface area contributed by atoms with E-state index in [2.05, 4.69) is 25.3 Å². The van der Waals surface area contributed by atoms with Gasteiger partial charge >= 0.3 is 5.97 Å². The number of aryl methyl sites for hydroxylation is 1. The van der Waals surface area contributed by atoms with Crippen molar-refractivity contribution in [1.29, 1.82) is 0 Å². The zero-order chi connectivity index (χ0) is 20.8. The van der Waals surface area contributed by atoms with Gasteiger partial charge in [-0.25, -0.2) is 14.4 Å². The van der Waals surface area contributed by atoms with Gasteiger partial charge in [-0.05, 0) is 36.4 Å². The van der Waals surface area contributed by atoms with Crippen LogP contribution in [0.15, 0.2) is 55.0 Å². The van der Waals surface area contributed by atoms with E-state index in [4.69, 9.17) is 5.11 Å². The zero-order valence-corrected chi connectivity index (χ0v) is 15.9. The summed E-state index contributed by atoms with van der Waals surface area (Å²) in [6.45, 7) is 1.60. The van der Waals surface area contributed by atoms with Crippen LogP contribution >= 0.6 is 0 Å². The molecule has 0 bridgehead atoms. The lowest BCUT2D eigenvalue weighted by molar-refractivity contribution is -0.136. The van der Waals surface area contributed by atoms with E-state index in [0.717, 1.165) is 11.4 Å². The van der Waals surface area contributed by atoms with E-state index >= 15 is 0 Å². The molecule has 3 heterocycles. The first kappa shape index (κ1) is 19.9. The Morgan fingerprint density at radius 2 is 1.79 bits per heavy atom. The lowest BCUT2D eigenvalue weighted by Crippen LogP contribution is -1.99. The second kappa shape index (κ2) is 8.87. The summed E-state index contributed by atoms with van der Waals surface area (Å²) in [5, 5.41) is 10.8. The molecule has 29 heavy (non-hydrogen) atoms. The summed E-state index contributed by atoms with van der Waals surface area (Å²) in [5.41, 5.74) is 3.08. The molecule has 148 valence electrons. The number of imidazole rings is 1. The second-order valence-electron chi connectivity index (χ2n) is 6.01. The number of carboxylic acid groups (broad SMARTS) is 1. The molecule has 0 fully saturated rings. The van der Waals surface area contributed by atoms with Gasteiger partial charge in [-0.3, -0.25) is 9.78 Å². The van der Waals surface area contributed by atoms with E-state index in [1.165, 1.54) is 12.1 Å². The summed E-state index contributed by atoms with van der Waals surface area (Å²) in [5.74, 6) is 0.189.